The molecule has 1 aromatic rings. The SMILES string of the molecule is CC(C)CCCNC(=O)Nc1cccc(OCC(=O)O)c1. The number of hydrogen-bond donors (Lipinski definition) is 3. The number of urea groups is 1. The highest BCUT2D eigenvalue weighted by molar-refractivity contribution is 5.89. The fourth-order valence-corrected chi connectivity index (χ4v) is 1.70. The minimum atomic E-state index is -1.05. The molecule has 0 radical (unpaired) electrons. The number of anilines is 1. The molecule has 0 spiro atoms. The topological polar surface area (TPSA) is 87.7 Å². The highest BCUT2D eigenvalue weighted by Crippen LogP contribution is 2.17. The molecule has 0 aliphatic rings. The van der Waals surface area contributed by atoms with Gasteiger partial charge in [-0.1, -0.05) is 19.9 Å². The van der Waals surface area contributed by atoms with Crippen LogP contribution in [-0.4, -0.2) is 30.3 Å². The van der Waals surface area contributed by atoms with Crippen LogP contribution in [0, 0.1) is 5.92 Å². The summed E-state index contributed by atoms with van der Waals surface area (Å²) in [5, 5.41) is 14.0. The summed E-state index contributed by atoms with van der Waals surface area (Å²) in [6.45, 7) is 4.50. The van der Waals surface area contributed by atoms with Gasteiger partial charge >= 0.3 is 12.0 Å². The second kappa shape index (κ2) is 8.84. The summed E-state index contributed by atoms with van der Waals surface area (Å²) >= 11 is 0. The molecule has 6 nitrogen and oxygen atoms in total. The average molecular weight is 294 g/mol. The minimum absolute atomic E-state index is 0.283. The number of rotatable bonds is 8. The van der Waals surface area contributed by atoms with Crippen molar-refractivity contribution in [3.63, 3.8) is 0 Å². The van der Waals surface area contributed by atoms with E-state index >= 15 is 0 Å². The maximum atomic E-state index is 11.7. The Kier molecular flexibility index (Phi) is 7.08. The van der Waals surface area contributed by atoms with Crippen LogP contribution in [0.5, 0.6) is 5.75 Å². The molecule has 2 amide bonds. The van der Waals surface area contributed by atoms with E-state index in [0.29, 0.717) is 23.9 Å². The Morgan fingerprint density at radius 3 is 2.76 bits per heavy atom. The van der Waals surface area contributed by atoms with Crippen molar-refractivity contribution in [3.05, 3.63) is 24.3 Å². The molecule has 0 fully saturated rings. The number of benzene rings is 1. The number of carboxylic acids is 1. The maximum Gasteiger partial charge on any atom is 0.341 e. The average Bonchev–Trinajstić information content (AvgIpc) is 2.41. The normalized spacial score (nSPS) is 10.2. The molecule has 1 aromatic carbocycles. The van der Waals surface area contributed by atoms with Crippen molar-refractivity contribution in [2.45, 2.75) is 26.7 Å². The molecule has 6 heteroatoms. The quantitative estimate of drug-likeness (QED) is 0.643. The van der Waals surface area contributed by atoms with Crippen molar-refractivity contribution in [1.29, 1.82) is 0 Å². The Morgan fingerprint density at radius 1 is 1.33 bits per heavy atom. The third kappa shape index (κ3) is 7.81. The lowest BCUT2D eigenvalue weighted by Crippen LogP contribution is -2.29. The summed E-state index contributed by atoms with van der Waals surface area (Å²) in [6, 6.07) is 6.33. The van der Waals surface area contributed by atoms with Crippen LogP contribution in [0.15, 0.2) is 24.3 Å². The highest BCUT2D eigenvalue weighted by Gasteiger charge is 2.04. The van der Waals surface area contributed by atoms with E-state index in [1.165, 1.54) is 0 Å². The Balaban J connectivity index is 2.38. The number of hydrogen-bond acceptors (Lipinski definition) is 3. The molecule has 0 saturated carbocycles. The zero-order valence-corrected chi connectivity index (χ0v) is 12.4. The Hall–Kier alpha value is -2.24. The molecule has 0 unspecified atom stereocenters. The lowest BCUT2D eigenvalue weighted by Gasteiger charge is -2.10. The van der Waals surface area contributed by atoms with E-state index in [4.69, 9.17) is 9.84 Å². The number of carboxylic acid groups (broad SMARTS) is 1. The predicted molar refractivity (Wildman–Crippen MR) is 80.7 cm³/mol. The molecular weight excluding hydrogens is 272 g/mol. The molecule has 0 aromatic heterocycles. The zero-order valence-electron chi connectivity index (χ0n) is 12.4. The third-order valence-corrected chi connectivity index (χ3v) is 2.70. The van der Waals surface area contributed by atoms with Crippen LogP contribution in [0.25, 0.3) is 0 Å². The van der Waals surface area contributed by atoms with Gasteiger partial charge < -0.3 is 20.5 Å². The zero-order chi connectivity index (χ0) is 15.7. The van der Waals surface area contributed by atoms with Crippen LogP contribution in [0.4, 0.5) is 10.5 Å². The van der Waals surface area contributed by atoms with Crippen molar-refractivity contribution < 1.29 is 19.4 Å². The Morgan fingerprint density at radius 2 is 2.10 bits per heavy atom. The highest BCUT2D eigenvalue weighted by atomic mass is 16.5. The molecule has 0 aliphatic heterocycles. The minimum Gasteiger partial charge on any atom is -0.482 e. The first-order chi connectivity index (χ1) is 9.97. The first-order valence-electron chi connectivity index (χ1n) is 6.97. The summed E-state index contributed by atoms with van der Waals surface area (Å²) in [5.74, 6) is -0.0239. The molecule has 21 heavy (non-hydrogen) atoms. The largest absolute Gasteiger partial charge is 0.482 e. The molecular formula is C15H22N2O4. The van der Waals surface area contributed by atoms with Crippen LogP contribution in [0.3, 0.4) is 0 Å². The number of carbonyl (C=O) groups is 2. The van der Waals surface area contributed by atoms with Crippen molar-refractivity contribution in [2.75, 3.05) is 18.5 Å². The van der Waals surface area contributed by atoms with Gasteiger partial charge in [0, 0.05) is 18.3 Å². The lowest BCUT2D eigenvalue weighted by molar-refractivity contribution is -0.139. The fourth-order valence-electron chi connectivity index (χ4n) is 1.70. The molecule has 116 valence electrons. The first kappa shape index (κ1) is 16.8. The number of amides is 2. The van der Waals surface area contributed by atoms with Gasteiger partial charge in [-0.15, -0.1) is 0 Å². The standard InChI is InChI=1S/C15H22N2O4/c1-11(2)5-4-8-16-15(20)17-12-6-3-7-13(9-12)21-10-14(18)19/h3,6-7,9,11H,4-5,8,10H2,1-2H3,(H,18,19)(H2,16,17,20). The molecule has 0 aliphatic carbocycles. The monoisotopic (exact) mass is 294 g/mol. The van der Waals surface area contributed by atoms with Crippen LogP contribution < -0.4 is 15.4 Å². The summed E-state index contributed by atoms with van der Waals surface area (Å²) < 4.78 is 5.04. The van der Waals surface area contributed by atoms with Gasteiger partial charge in [0.25, 0.3) is 0 Å². The van der Waals surface area contributed by atoms with Crippen molar-refractivity contribution in [1.82, 2.24) is 5.32 Å². The predicted octanol–water partition coefficient (Wildman–Crippen LogP) is 2.71. The number of carbonyl (C=O) groups excluding carboxylic acids is 1. The number of ether oxygens (including phenoxy) is 1. The van der Waals surface area contributed by atoms with Gasteiger partial charge in [0.05, 0.1) is 0 Å². The van der Waals surface area contributed by atoms with Crippen molar-refractivity contribution in [3.8, 4) is 5.75 Å². The smallest absolute Gasteiger partial charge is 0.341 e. The fraction of sp³-hybridized carbons (Fsp3) is 0.467. The van der Waals surface area contributed by atoms with E-state index < -0.39 is 12.6 Å². The van der Waals surface area contributed by atoms with Gasteiger partial charge in [0.15, 0.2) is 6.61 Å². The second-order valence-electron chi connectivity index (χ2n) is 5.13. The molecule has 0 atom stereocenters. The van der Waals surface area contributed by atoms with E-state index in [-0.39, 0.29) is 6.03 Å². The van der Waals surface area contributed by atoms with Crippen LogP contribution in [-0.2, 0) is 4.79 Å². The summed E-state index contributed by atoms with van der Waals surface area (Å²) in [7, 11) is 0. The van der Waals surface area contributed by atoms with Gasteiger partial charge in [0.2, 0.25) is 0 Å². The van der Waals surface area contributed by atoms with E-state index in [1.54, 1.807) is 24.3 Å². The van der Waals surface area contributed by atoms with Gasteiger partial charge in [-0.25, -0.2) is 9.59 Å². The van der Waals surface area contributed by atoms with Gasteiger partial charge in [-0.2, -0.15) is 0 Å². The second-order valence-corrected chi connectivity index (χ2v) is 5.13. The van der Waals surface area contributed by atoms with E-state index in [1.807, 2.05) is 0 Å². The molecule has 0 bridgehead atoms. The number of nitrogens with one attached hydrogen (secondary N) is 2. The molecule has 1 rings (SSSR count). The lowest BCUT2D eigenvalue weighted by atomic mass is 10.1. The van der Waals surface area contributed by atoms with Crippen LogP contribution in [0.2, 0.25) is 0 Å². The van der Waals surface area contributed by atoms with E-state index in [0.717, 1.165) is 12.8 Å². The third-order valence-electron chi connectivity index (χ3n) is 2.70. The molecule has 3 N–H and O–H groups in total. The van der Waals surface area contributed by atoms with Crippen LogP contribution >= 0.6 is 0 Å². The van der Waals surface area contributed by atoms with Gasteiger partial charge in [-0.05, 0) is 30.9 Å². The summed E-state index contributed by atoms with van der Waals surface area (Å²) in [4.78, 5) is 22.1. The molecule has 0 heterocycles. The van der Waals surface area contributed by atoms with E-state index in [2.05, 4.69) is 24.5 Å². The van der Waals surface area contributed by atoms with Crippen molar-refractivity contribution in [2.24, 2.45) is 5.92 Å². The first-order valence-corrected chi connectivity index (χ1v) is 6.97. The summed E-state index contributed by atoms with van der Waals surface area (Å²) in [6.07, 6.45) is 2.01. The summed E-state index contributed by atoms with van der Waals surface area (Å²) in [5.41, 5.74) is 0.555. The van der Waals surface area contributed by atoms with Crippen LogP contribution in [0.1, 0.15) is 26.7 Å². The van der Waals surface area contributed by atoms with Gasteiger partial charge in [0.1, 0.15) is 5.75 Å². The Bertz CT molecular complexity index is 474. The van der Waals surface area contributed by atoms with E-state index in [9.17, 15) is 9.59 Å². The maximum absolute atomic E-state index is 11.7. The molecule has 0 saturated heterocycles. The Labute approximate surface area is 124 Å². The number of aliphatic carboxylic acids is 1. The van der Waals surface area contributed by atoms with Crippen molar-refractivity contribution >= 4 is 17.7 Å². The van der Waals surface area contributed by atoms with Gasteiger partial charge in [-0.3, -0.25) is 0 Å².